The van der Waals surface area contributed by atoms with E-state index in [1.165, 1.54) is 0 Å². The summed E-state index contributed by atoms with van der Waals surface area (Å²) >= 11 is 0. The smallest absolute Gasteiger partial charge is 0.141 e. The van der Waals surface area contributed by atoms with Crippen molar-refractivity contribution >= 4 is 11.0 Å². The molecule has 0 saturated carbocycles. The number of nitrogens with zero attached hydrogens (tertiary/aromatic N) is 1. The van der Waals surface area contributed by atoms with Gasteiger partial charge in [-0.25, -0.2) is 0 Å². The Morgan fingerprint density at radius 3 is 2.74 bits per heavy atom. The summed E-state index contributed by atoms with van der Waals surface area (Å²) in [6, 6.07) is 7.97. The highest BCUT2D eigenvalue weighted by molar-refractivity contribution is 5.84. The van der Waals surface area contributed by atoms with Crippen molar-refractivity contribution in [2.45, 2.75) is 20.3 Å². The normalized spacial score (nSPS) is 11.3. The molecule has 4 nitrogen and oxygen atoms in total. The van der Waals surface area contributed by atoms with Crippen LogP contribution in [0.15, 0.2) is 33.2 Å². The lowest BCUT2D eigenvalue weighted by Gasteiger charge is -1.99. The van der Waals surface area contributed by atoms with Crippen molar-refractivity contribution in [2.75, 3.05) is 6.61 Å². The lowest BCUT2D eigenvalue weighted by atomic mass is 10.0. The summed E-state index contributed by atoms with van der Waals surface area (Å²) in [5.74, 6) is 1.62. The average Bonchev–Trinajstić information content (AvgIpc) is 2.92. The number of rotatable bonds is 3. The monoisotopic (exact) mass is 257 g/mol. The fraction of sp³-hybridized carbons (Fsp3) is 0.267. The SMILES string of the molecule is Cc1noc(C)c1-c1ccc2oc(CCO)cc2c1. The summed E-state index contributed by atoms with van der Waals surface area (Å²) in [6.07, 6.45) is 0.537. The van der Waals surface area contributed by atoms with Crippen molar-refractivity contribution in [3.05, 3.63) is 41.5 Å². The molecule has 0 aliphatic heterocycles. The summed E-state index contributed by atoms with van der Waals surface area (Å²) in [5, 5.41) is 13.9. The van der Waals surface area contributed by atoms with Crippen molar-refractivity contribution in [3.8, 4) is 11.1 Å². The molecule has 2 heterocycles. The molecule has 3 rings (SSSR count). The maximum atomic E-state index is 8.94. The van der Waals surface area contributed by atoms with E-state index in [1.807, 2.05) is 32.0 Å². The largest absolute Gasteiger partial charge is 0.461 e. The van der Waals surface area contributed by atoms with Crippen LogP contribution in [0.5, 0.6) is 0 Å². The minimum atomic E-state index is 0.0938. The minimum Gasteiger partial charge on any atom is -0.461 e. The van der Waals surface area contributed by atoms with Crippen LogP contribution in [0.3, 0.4) is 0 Å². The van der Waals surface area contributed by atoms with Crippen LogP contribution in [0.1, 0.15) is 17.2 Å². The summed E-state index contributed by atoms with van der Waals surface area (Å²) in [4.78, 5) is 0. The number of aliphatic hydroxyl groups excluding tert-OH is 1. The minimum absolute atomic E-state index is 0.0938. The molecule has 0 bridgehead atoms. The third-order valence-electron chi connectivity index (χ3n) is 3.25. The molecule has 0 unspecified atom stereocenters. The van der Waals surface area contributed by atoms with Crippen molar-refractivity contribution in [1.82, 2.24) is 5.16 Å². The molecule has 98 valence electrons. The summed E-state index contributed by atoms with van der Waals surface area (Å²) in [7, 11) is 0. The molecular formula is C15H15NO3. The maximum Gasteiger partial charge on any atom is 0.141 e. The predicted octanol–water partition coefficient (Wildman–Crippen LogP) is 3.24. The summed E-state index contributed by atoms with van der Waals surface area (Å²) in [5.41, 5.74) is 3.82. The third-order valence-corrected chi connectivity index (χ3v) is 3.25. The van der Waals surface area contributed by atoms with Gasteiger partial charge in [-0.05, 0) is 37.6 Å². The molecule has 0 atom stereocenters. The molecule has 1 N–H and O–H groups in total. The van der Waals surface area contributed by atoms with Gasteiger partial charge in [0.25, 0.3) is 0 Å². The van der Waals surface area contributed by atoms with Gasteiger partial charge in [0.15, 0.2) is 0 Å². The van der Waals surface area contributed by atoms with Gasteiger partial charge in [0.1, 0.15) is 17.1 Å². The molecule has 19 heavy (non-hydrogen) atoms. The van der Waals surface area contributed by atoms with E-state index in [-0.39, 0.29) is 6.61 Å². The Hall–Kier alpha value is -2.07. The van der Waals surface area contributed by atoms with Crippen molar-refractivity contribution in [2.24, 2.45) is 0 Å². The van der Waals surface area contributed by atoms with Crippen molar-refractivity contribution < 1.29 is 14.0 Å². The molecule has 0 aliphatic rings. The van der Waals surface area contributed by atoms with Crippen LogP contribution >= 0.6 is 0 Å². The Kier molecular flexibility index (Phi) is 2.87. The Morgan fingerprint density at radius 1 is 1.21 bits per heavy atom. The Bertz CT molecular complexity index is 705. The van der Waals surface area contributed by atoms with Gasteiger partial charge in [0, 0.05) is 17.4 Å². The molecule has 0 amide bonds. The highest BCUT2D eigenvalue weighted by Crippen LogP contribution is 2.30. The lowest BCUT2D eigenvalue weighted by molar-refractivity contribution is 0.289. The van der Waals surface area contributed by atoms with Crippen LogP contribution in [0, 0.1) is 13.8 Å². The number of furan rings is 1. The van der Waals surface area contributed by atoms with Gasteiger partial charge in [-0.15, -0.1) is 0 Å². The summed E-state index contributed by atoms with van der Waals surface area (Å²) < 4.78 is 10.8. The van der Waals surface area contributed by atoms with E-state index < -0.39 is 0 Å². The van der Waals surface area contributed by atoms with E-state index in [2.05, 4.69) is 11.2 Å². The number of hydrogen-bond acceptors (Lipinski definition) is 4. The van der Waals surface area contributed by atoms with Crippen LogP contribution in [0.2, 0.25) is 0 Å². The first-order chi connectivity index (χ1) is 9.19. The van der Waals surface area contributed by atoms with Gasteiger partial charge in [-0.2, -0.15) is 0 Å². The van der Waals surface area contributed by atoms with Gasteiger partial charge < -0.3 is 14.0 Å². The summed E-state index contributed by atoms with van der Waals surface area (Å²) in [6.45, 7) is 3.94. The highest BCUT2D eigenvalue weighted by Gasteiger charge is 2.13. The van der Waals surface area contributed by atoms with Gasteiger partial charge in [0.05, 0.1) is 12.3 Å². The third kappa shape index (κ3) is 2.04. The first kappa shape index (κ1) is 12.0. The number of aryl methyl sites for hydroxylation is 2. The fourth-order valence-corrected chi connectivity index (χ4v) is 2.38. The molecule has 1 aromatic carbocycles. The number of aromatic nitrogens is 1. The predicted molar refractivity (Wildman–Crippen MR) is 72.0 cm³/mol. The molecule has 0 spiro atoms. The number of benzene rings is 1. The van der Waals surface area contributed by atoms with E-state index in [1.54, 1.807) is 0 Å². The standard InChI is InChI=1S/C15H15NO3/c1-9-15(10(2)19-16-9)11-3-4-14-12(7-11)8-13(18-14)5-6-17/h3-4,7-8,17H,5-6H2,1-2H3. The van der Waals surface area contributed by atoms with E-state index >= 15 is 0 Å². The Labute approximate surface area is 110 Å². The zero-order valence-electron chi connectivity index (χ0n) is 10.9. The highest BCUT2D eigenvalue weighted by atomic mass is 16.5. The van der Waals surface area contributed by atoms with Gasteiger partial charge in [0.2, 0.25) is 0 Å². The van der Waals surface area contributed by atoms with Crippen LogP contribution < -0.4 is 0 Å². The quantitative estimate of drug-likeness (QED) is 0.782. The number of aliphatic hydroxyl groups is 1. The van der Waals surface area contributed by atoms with E-state index in [0.29, 0.717) is 6.42 Å². The number of hydrogen-bond donors (Lipinski definition) is 1. The second kappa shape index (κ2) is 4.55. The van der Waals surface area contributed by atoms with Gasteiger partial charge in [-0.1, -0.05) is 11.2 Å². The van der Waals surface area contributed by atoms with Gasteiger partial charge in [-0.3, -0.25) is 0 Å². The second-order valence-electron chi connectivity index (χ2n) is 4.64. The maximum absolute atomic E-state index is 8.94. The molecular weight excluding hydrogens is 242 g/mol. The first-order valence-corrected chi connectivity index (χ1v) is 6.25. The molecule has 0 saturated heterocycles. The zero-order valence-corrected chi connectivity index (χ0v) is 10.9. The van der Waals surface area contributed by atoms with Crippen LogP contribution in [-0.4, -0.2) is 16.9 Å². The van der Waals surface area contributed by atoms with Crippen LogP contribution in [0.4, 0.5) is 0 Å². The van der Waals surface area contributed by atoms with E-state index in [9.17, 15) is 0 Å². The molecule has 3 aromatic rings. The van der Waals surface area contributed by atoms with Crippen LogP contribution in [-0.2, 0) is 6.42 Å². The molecule has 0 aliphatic carbocycles. The Balaban J connectivity index is 2.11. The molecule has 4 heteroatoms. The lowest BCUT2D eigenvalue weighted by Crippen LogP contribution is -1.85. The topological polar surface area (TPSA) is 59.4 Å². The van der Waals surface area contributed by atoms with Gasteiger partial charge >= 0.3 is 0 Å². The molecule has 2 aromatic heterocycles. The molecule has 0 radical (unpaired) electrons. The van der Waals surface area contributed by atoms with Crippen molar-refractivity contribution in [1.29, 1.82) is 0 Å². The average molecular weight is 257 g/mol. The van der Waals surface area contributed by atoms with Crippen LogP contribution in [0.25, 0.3) is 22.1 Å². The Morgan fingerprint density at radius 2 is 2.05 bits per heavy atom. The molecule has 0 fully saturated rings. The van der Waals surface area contributed by atoms with E-state index in [0.717, 1.165) is 39.3 Å². The van der Waals surface area contributed by atoms with Crippen molar-refractivity contribution in [3.63, 3.8) is 0 Å². The number of fused-ring (bicyclic) bond motifs is 1. The first-order valence-electron chi connectivity index (χ1n) is 6.25. The fourth-order valence-electron chi connectivity index (χ4n) is 2.38. The second-order valence-corrected chi connectivity index (χ2v) is 4.64. The zero-order chi connectivity index (χ0) is 13.4. The van der Waals surface area contributed by atoms with E-state index in [4.69, 9.17) is 14.0 Å².